The summed E-state index contributed by atoms with van der Waals surface area (Å²) in [6.07, 6.45) is 3.63. The molecule has 1 amide bonds. The summed E-state index contributed by atoms with van der Waals surface area (Å²) in [7, 11) is 1.81. The third-order valence-electron chi connectivity index (χ3n) is 4.70. The lowest BCUT2D eigenvalue weighted by Crippen LogP contribution is -2.38. The Morgan fingerprint density at radius 1 is 1.28 bits per heavy atom. The number of hydrogen-bond donors (Lipinski definition) is 1. The van der Waals surface area contributed by atoms with Crippen molar-refractivity contribution in [1.82, 2.24) is 14.7 Å². The van der Waals surface area contributed by atoms with Crippen LogP contribution in [-0.2, 0) is 7.05 Å². The number of likely N-dealkylation sites (tertiary alicyclic amines) is 1. The van der Waals surface area contributed by atoms with Gasteiger partial charge in [0.25, 0.3) is 5.91 Å². The van der Waals surface area contributed by atoms with Gasteiger partial charge in [-0.1, -0.05) is 18.2 Å². The van der Waals surface area contributed by atoms with E-state index in [0.717, 1.165) is 17.9 Å². The Bertz CT molecular complexity index is 729. The lowest BCUT2D eigenvalue weighted by molar-refractivity contribution is -0.0163. The van der Waals surface area contributed by atoms with Crippen molar-refractivity contribution in [3.05, 3.63) is 47.8 Å². The molecule has 1 atom stereocenters. The van der Waals surface area contributed by atoms with Gasteiger partial charge in [0.2, 0.25) is 0 Å². The average molecular weight is 343 g/mol. The van der Waals surface area contributed by atoms with Crippen LogP contribution >= 0.6 is 0 Å². The summed E-state index contributed by atoms with van der Waals surface area (Å²) in [6, 6.07) is 9.49. The maximum absolute atomic E-state index is 12.7. The number of benzene rings is 1. The zero-order valence-corrected chi connectivity index (χ0v) is 14.8. The van der Waals surface area contributed by atoms with E-state index >= 15 is 0 Å². The molecule has 0 spiro atoms. The van der Waals surface area contributed by atoms with Crippen LogP contribution in [0.5, 0.6) is 5.75 Å². The van der Waals surface area contributed by atoms with E-state index in [1.807, 2.05) is 49.2 Å². The van der Waals surface area contributed by atoms with Gasteiger partial charge in [-0.15, -0.1) is 0 Å². The van der Waals surface area contributed by atoms with Crippen molar-refractivity contribution >= 4 is 5.91 Å². The van der Waals surface area contributed by atoms with Gasteiger partial charge in [-0.05, 0) is 38.3 Å². The Kier molecular flexibility index (Phi) is 5.08. The van der Waals surface area contributed by atoms with Crippen LogP contribution in [0.1, 0.15) is 35.3 Å². The molecule has 6 nitrogen and oxygen atoms in total. The monoisotopic (exact) mass is 343 g/mol. The van der Waals surface area contributed by atoms with Crippen LogP contribution in [-0.4, -0.2) is 51.0 Å². The lowest BCUT2D eigenvalue weighted by Gasteiger charge is -2.27. The maximum atomic E-state index is 12.7. The van der Waals surface area contributed by atoms with Crippen molar-refractivity contribution < 1.29 is 14.6 Å². The highest BCUT2D eigenvalue weighted by Gasteiger charge is 2.33. The molecule has 6 heteroatoms. The Morgan fingerprint density at radius 3 is 2.72 bits per heavy atom. The Labute approximate surface area is 148 Å². The van der Waals surface area contributed by atoms with Gasteiger partial charge >= 0.3 is 0 Å². The van der Waals surface area contributed by atoms with E-state index in [9.17, 15) is 9.90 Å². The molecule has 1 unspecified atom stereocenters. The number of carbonyl (C=O) groups excluding carboxylic acids is 1. The molecule has 2 aromatic rings. The van der Waals surface area contributed by atoms with Crippen LogP contribution in [0, 0.1) is 6.92 Å². The zero-order valence-electron chi connectivity index (χ0n) is 14.8. The molecule has 1 N–H and O–H groups in total. The van der Waals surface area contributed by atoms with Crippen LogP contribution in [0.4, 0.5) is 0 Å². The smallest absolute Gasteiger partial charge is 0.257 e. The van der Waals surface area contributed by atoms with E-state index in [-0.39, 0.29) is 12.5 Å². The van der Waals surface area contributed by atoms with Crippen LogP contribution in [0.25, 0.3) is 0 Å². The van der Waals surface area contributed by atoms with Crippen LogP contribution < -0.4 is 4.74 Å². The van der Waals surface area contributed by atoms with Gasteiger partial charge in [0, 0.05) is 26.3 Å². The lowest BCUT2D eigenvalue weighted by atomic mass is 9.96. The summed E-state index contributed by atoms with van der Waals surface area (Å²) < 4.78 is 7.40. The Hall–Kier alpha value is -2.34. The van der Waals surface area contributed by atoms with Crippen molar-refractivity contribution in [2.24, 2.45) is 7.05 Å². The number of hydrogen-bond acceptors (Lipinski definition) is 4. The van der Waals surface area contributed by atoms with Gasteiger partial charge in [0.1, 0.15) is 18.0 Å². The molecule has 1 fully saturated rings. The molecule has 1 saturated heterocycles. The van der Waals surface area contributed by atoms with Crippen molar-refractivity contribution in [1.29, 1.82) is 0 Å². The van der Waals surface area contributed by atoms with E-state index in [2.05, 4.69) is 5.10 Å². The second kappa shape index (κ2) is 7.27. The van der Waals surface area contributed by atoms with Gasteiger partial charge in [-0.3, -0.25) is 9.48 Å². The van der Waals surface area contributed by atoms with E-state index in [4.69, 9.17) is 4.74 Å². The average Bonchev–Trinajstić information content (AvgIpc) is 2.82. The van der Waals surface area contributed by atoms with Crippen molar-refractivity contribution in [3.63, 3.8) is 0 Å². The van der Waals surface area contributed by atoms with Crippen LogP contribution in [0.15, 0.2) is 36.5 Å². The number of ether oxygens (including phenoxy) is 1. The summed E-state index contributed by atoms with van der Waals surface area (Å²) in [4.78, 5) is 14.5. The fourth-order valence-electron chi connectivity index (χ4n) is 3.24. The highest BCUT2D eigenvalue weighted by Crippen LogP contribution is 2.25. The molecule has 0 saturated carbocycles. The second-order valence-electron chi connectivity index (χ2n) is 6.77. The van der Waals surface area contributed by atoms with Gasteiger partial charge in [-0.2, -0.15) is 5.10 Å². The number of rotatable bonds is 4. The van der Waals surface area contributed by atoms with Gasteiger partial charge in [0.15, 0.2) is 0 Å². The predicted octanol–water partition coefficient (Wildman–Crippen LogP) is 2.16. The summed E-state index contributed by atoms with van der Waals surface area (Å²) in [5, 5.41) is 15.1. The molecule has 2 heterocycles. The van der Waals surface area contributed by atoms with Gasteiger partial charge < -0.3 is 14.7 Å². The first kappa shape index (κ1) is 17.5. The first-order valence-electron chi connectivity index (χ1n) is 8.67. The summed E-state index contributed by atoms with van der Waals surface area (Å²) in [5.74, 6) is 0.734. The second-order valence-corrected chi connectivity index (χ2v) is 6.77. The number of aromatic nitrogens is 2. The maximum Gasteiger partial charge on any atom is 0.257 e. The minimum atomic E-state index is -0.908. The number of aryl methyl sites for hydroxylation is 2. The topological polar surface area (TPSA) is 67.6 Å². The number of para-hydroxylation sites is 1. The summed E-state index contributed by atoms with van der Waals surface area (Å²) >= 11 is 0. The van der Waals surface area contributed by atoms with Crippen LogP contribution in [0.2, 0.25) is 0 Å². The molecule has 25 heavy (non-hydrogen) atoms. The number of aliphatic hydroxyl groups is 1. The van der Waals surface area contributed by atoms with E-state index in [1.54, 1.807) is 10.9 Å². The molecule has 3 rings (SSSR count). The first-order chi connectivity index (χ1) is 12.0. The summed E-state index contributed by atoms with van der Waals surface area (Å²) in [6.45, 7) is 3.24. The predicted molar refractivity (Wildman–Crippen MR) is 94.6 cm³/mol. The standard InChI is InChI=1S/C19H25N3O3/c1-15-17(13-21(2)20-15)18(23)22-11-6-9-19(24,10-12-22)14-25-16-7-4-3-5-8-16/h3-5,7-8,13,24H,6,9-12,14H2,1-2H3. The van der Waals surface area contributed by atoms with Crippen molar-refractivity contribution in [2.75, 3.05) is 19.7 Å². The normalized spacial score (nSPS) is 21.0. The molecule has 1 aliphatic heterocycles. The van der Waals surface area contributed by atoms with Gasteiger partial charge in [-0.25, -0.2) is 0 Å². The highest BCUT2D eigenvalue weighted by molar-refractivity contribution is 5.95. The van der Waals surface area contributed by atoms with E-state index in [0.29, 0.717) is 31.5 Å². The van der Waals surface area contributed by atoms with E-state index in [1.165, 1.54) is 0 Å². The van der Waals surface area contributed by atoms with Gasteiger partial charge in [0.05, 0.1) is 11.3 Å². The van der Waals surface area contributed by atoms with E-state index < -0.39 is 5.60 Å². The number of nitrogens with zero attached hydrogens (tertiary/aromatic N) is 3. The first-order valence-corrected chi connectivity index (χ1v) is 8.67. The molecule has 0 radical (unpaired) electrons. The Morgan fingerprint density at radius 2 is 2.04 bits per heavy atom. The number of amides is 1. The van der Waals surface area contributed by atoms with Crippen LogP contribution in [0.3, 0.4) is 0 Å². The summed E-state index contributed by atoms with van der Waals surface area (Å²) in [5.41, 5.74) is 0.461. The minimum Gasteiger partial charge on any atom is -0.491 e. The minimum absolute atomic E-state index is 0.0150. The third-order valence-corrected chi connectivity index (χ3v) is 4.70. The van der Waals surface area contributed by atoms with Crippen molar-refractivity contribution in [2.45, 2.75) is 31.8 Å². The third kappa shape index (κ3) is 4.20. The SMILES string of the molecule is Cc1nn(C)cc1C(=O)N1CCCC(O)(COc2ccccc2)CC1. The quantitative estimate of drug-likeness (QED) is 0.924. The van der Waals surface area contributed by atoms with Crippen molar-refractivity contribution in [3.8, 4) is 5.75 Å². The molecule has 134 valence electrons. The molecular weight excluding hydrogens is 318 g/mol. The number of carbonyl (C=O) groups is 1. The molecule has 0 aliphatic carbocycles. The fraction of sp³-hybridized carbons (Fsp3) is 0.474. The largest absolute Gasteiger partial charge is 0.491 e. The Balaban J connectivity index is 1.61. The molecular formula is C19H25N3O3. The zero-order chi connectivity index (χ0) is 17.9. The molecule has 1 aromatic carbocycles. The fourth-order valence-corrected chi connectivity index (χ4v) is 3.24. The molecule has 0 bridgehead atoms. The molecule has 1 aromatic heterocycles. The highest BCUT2D eigenvalue weighted by atomic mass is 16.5. The molecule has 1 aliphatic rings.